The van der Waals surface area contributed by atoms with Crippen molar-refractivity contribution in [3.8, 4) is 34.0 Å². The van der Waals surface area contributed by atoms with Crippen molar-refractivity contribution in [1.29, 1.82) is 0 Å². The van der Waals surface area contributed by atoms with Crippen LogP contribution in [-0.2, 0) is 0 Å². The standard InChI is InChI=1S/2C22H15NO4S.CH4/c2*1-14-23(17-5-3-2-4-6-17)21(24)20(28-14)13-18-11-12-19(27-18)15-7-9-16(10-8-15)22(25)26;/h2*2-13H,1H2,(H,25,26);1H4/b2*20-13-;. The molecule has 0 radical (unpaired) electrons. The highest BCUT2D eigenvalue weighted by molar-refractivity contribution is 7.07. The van der Waals surface area contributed by atoms with Crippen LogP contribution in [0.1, 0.15) is 39.7 Å². The summed E-state index contributed by atoms with van der Waals surface area (Å²) >= 11 is 2.60. The smallest absolute Gasteiger partial charge is 0.335 e. The third kappa shape index (κ3) is 8.67. The first-order valence-electron chi connectivity index (χ1n) is 16.9. The maximum atomic E-state index is 12.8. The molecule has 4 aromatic carbocycles. The minimum Gasteiger partial charge on any atom is -0.478 e. The van der Waals surface area contributed by atoms with E-state index < -0.39 is 11.9 Å². The van der Waals surface area contributed by atoms with Gasteiger partial charge in [-0.2, -0.15) is 0 Å². The van der Waals surface area contributed by atoms with Gasteiger partial charge in [0.1, 0.15) is 23.0 Å². The van der Waals surface area contributed by atoms with Crippen molar-refractivity contribution in [3.05, 3.63) is 195 Å². The second-order valence-corrected chi connectivity index (χ2v) is 14.4. The van der Waals surface area contributed by atoms with Crippen molar-refractivity contribution in [1.82, 2.24) is 9.13 Å². The predicted molar refractivity (Wildman–Crippen MR) is 225 cm³/mol. The van der Waals surface area contributed by atoms with Crippen LogP contribution in [0, 0.1) is 0 Å². The summed E-state index contributed by atoms with van der Waals surface area (Å²) in [4.78, 5) is 47.5. The molecule has 57 heavy (non-hydrogen) atoms. The number of aromatic carboxylic acids is 2. The number of carboxylic acids is 2. The molecule has 0 bridgehead atoms. The van der Waals surface area contributed by atoms with E-state index in [0.717, 1.165) is 22.5 Å². The summed E-state index contributed by atoms with van der Waals surface area (Å²) < 4.78 is 17.1. The summed E-state index contributed by atoms with van der Waals surface area (Å²) in [5, 5.41) is 18.0. The molecule has 0 aliphatic rings. The molecule has 0 saturated heterocycles. The zero-order chi connectivity index (χ0) is 39.3. The number of hydrogen-bond acceptors (Lipinski definition) is 8. The van der Waals surface area contributed by atoms with E-state index in [1.54, 1.807) is 69.8 Å². The van der Waals surface area contributed by atoms with E-state index in [0.29, 0.717) is 41.4 Å². The Morgan fingerprint density at radius 3 is 1.21 bits per heavy atom. The molecule has 8 rings (SSSR count). The summed E-state index contributed by atoms with van der Waals surface area (Å²) in [5.41, 5.74) is 3.19. The number of aromatic nitrogens is 2. The summed E-state index contributed by atoms with van der Waals surface area (Å²) in [7, 11) is 0. The van der Waals surface area contributed by atoms with Gasteiger partial charge in [-0.25, -0.2) is 9.59 Å². The van der Waals surface area contributed by atoms with Crippen LogP contribution in [0.3, 0.4) is 0 Å². The molecule has 0 spiro atoms. The van der Waals surface area contributed by atoms with Gasteiger partial charge >= 0.3 is 11.9 Å². The van der Waals surface area contributed by atoms with Gasteiger partial charge in [0, 0.05) is 23.3 Å². The van der Waals surface area contributed by atoms with Gasteiger partial charge in [0.2, 0.25) is 0 Å². The highest BCUT2D eigenvalue weighted by Crippen LogP contribution is 2.24. The Labute approximate surface area is 333 Å². The van der Waals surface area contributed by atoms with Crippen LogP contribution in [0.4, 0.5) is 0 Å². The van der Waals surface area contributed by atoms with Gasteiger partial charge in [-0.15, -0.1) is 22.7 Å². The highest BCUT2D eigenvalue weighted by atomic mass is 32.1. The first-order chi connectivity index (χ1) is 27.0. The van der Waals surface area contributed by atoms with Crippen LogP contribution in [0.25, 0.3) is 59.3 Å². The Hall–Kier alpha value is -7.28. The van der Waals surface area contributed by atoms with Crippen LogP contribution in [0.2, 0.25) is 0 Å². The molecule has 4 aromatic heterocycles. The summed E-state index contributed by atoms with van der Waals surface area (Å²) in [6.07, 6.45) is 3.38. The quantitative estimate of drug-likeness (QED) is 0.170. The van der Waals surface area contributed by atoms with Gasteiger partial charge in [0.05, 0.1) is 40.9 Å². The van der Waals surface area contributed by atoms with E-state index in [1.807, 2.05) is 60.7 Å². The summed E-state index contributed by atoms with van der Waals surface area (Å²) in [6, 6.07) is 38.7. The van der Waals surface area contributed by atoms with Gasteiger partial charge in [0.15, 0.2) is 0 Å². The van der Waals surface area contributed by atoms with E-state index in [1.165, 1.54) is 46.9 Å². The predicted octanol–water partition coefficient (Wildman–Crippen LogP) is 6.83. The number of carboxylic acid groups (broad SMARTS) is 2. The SMILES string of the molecule is C.C=c1s/c(=C\c2ccc(-c3ccc(C(=O)O)cc3)o2)c(=O)n1-c1ccccc1.C=c1s/c(=C\c2ccc(-c3ccc(C(=O)O)cc3)o2)c(=O)n1-c1ccccc1. The van der Waals surface area contributed by atoms with Crippen molar-refractivity contribution in [2.75, 3.05) is 0 Å². The Morgan fingerprint density at radius 1 is 0.526 bits per heavy atom. The molecule has 8 aromatic rings. The van der Waals surface area contributed by atoms with Crippen molar-refractivity contribution in [2.45, 2.75) is 7.43 Å². The second kappa shape index (κ2) is 17.0. The van der Waals surface area contributed by atoms with E-state index in [2.05, 4.69) is 13.2 Å². The van der Waals surface area contributed by atoms with Crippen molar-refractivity contribution >= 4 is 59.9 Å². The van der Waals surface area contributed by atoms with Crippen molar-refractivity contribution < 1.29 is 28.6 Å². The molecule has 12 heteroatoms. The summed E-state index contributed by atoms with van der Waals surface area (Å²) in [6.45, 7) is 7.96. The zero-order valence-corrected chi connectivity index (χ0v) is 31.0. The van der Waals surface area contributed by atoms with Crippen LogP contribution >= 0.6 is 22.7 Å². The fourth-order valence-electron chi connectivity index (χ4n) is 5.72. The second-order valence-electron chi connectivity index (χ2n) is 12.1. The number of thiazole rings is 2. The molecule has 284 valence electrons. The highest BCUT2D eigenvalue weighted by Gasteiger charge is 2.11. The largest absolute Gasteiger partial charge is 0.478 e. The number of furan rings is 2. The lowest BCUT2D eigenvalue weighted by molar-refractivity contribution is 0.0686. The van der Waals surface area contributed by atoms with Crippen LogP contribution in [0.5, 0.6) is 0 Å². The number of benzene rings is 4. The lowest BCUT2D eigenvalue weighted by atomic mass is 10.1. The molecular formula is C45H34N2O8S2. The lowest BCUT2D eigenvalue weighted by Crippen LogP contribution is -2.29. The van der Waals surface area contributed by atoms with Crippen LogP contribution < -0.4 is 29.5 Å². The number of para-hydroxylation sites is 2. The minimum atomic E-state index is -0.976. The lowest BCUT2D eigenvalue weighted by Gasteiger charge is -1.99. The third-order valence-corrected chi connectivity index (χ3v) is 10.3. The van der Waals surface area contributed by atoms with Crippen LogP contribution in [0.15, 0.2) is 152 Å². The Kier molecular flexibility index (Phi) is 11.8. The molecule has 4 heterocycles. The van der Waals surface area contributed by atoms with E-state index in [4.69, 9.17) is 19.0 Å². The van der Waals surface area contributed by atoms with Gasteiger partial charge in [-0.05, 0) is 72.8 Å². The van der Waals surface area contributed by atoms with Crippen molar-refractivity contribution in [3.63, 3.8) is 0 Å². The first-order valence-corrected chi connectivity index (χ1v) is 18.5. The molecular weight excluding hydrogens is 761 g/mol. The number of hydrogen-bond donors (Lipinski definition) is 2. The maximum Gasteiger partial charge on any atom is 0.335 e. The fraction of sp³-hybridized carbons (Fsp3) is 0.0222. The summed E-state index contributed by atoms with van der Waals surface area (Å²) in [5.74, 6) is 0.315. The zero-order valence-electron chi connectivity index (χ0n) is 29.3. The van der Waals surface area contributed by atoms with Gasteiger partial charge < -0.3 is 19.0 Å². The fourth-order valence-corrected chi connectivity index (χ4v) is 7.50. The molecule has 0 aliphatic carbocycles. The first kappa shape index (κ1) is 39.4. The van der Waals surface area contributed by atoms with Gasteiger partial charge in [-0.3, -0.25) is 18.7 Å². The van der Waals surface area contributed by atoms with E-state index >= 15 is 0 Å². The molecule has 10 nitrogen and oxygen atoms in total. The van der Waals surface area contributed by atoms with Crippen molar-refractivity contribution in [2.24, 2.45) is 0 Å². The molecule has 0 atom stereocenters. The molecule has 2 N–H and O–H groups in total. The number of nitrogens with zero attached hydrogens (tertiary/aromatic N) is 2. The average molecular weight is 795 g/mol. The molecule has 0 amide bonds. The Bertz CT molecular complexity index is 2830. The molecule has 0 aliphatic heterocycles. The van der Waals surface area contributed by atoms with Crippen LogP contribution in [-0.4, -0.2) is 31.3 Å². The molecule has 0 unspecified atom stereocenters. The van der Waals surface area contributed by atoms with E-state index in [-0.39, 0.29) is 29.7 Å². The number of rotatable bonds is 8. The average Bonchev–Trinajstić information content (AvgIpc) is 3.99. The normalized spacial score (nSPS) is 11.4. The number of carbonyl (C=O) groups is 2. The maximum absolute atomic E-state index is 12.8. The topological polar surface area (TPSA) is 145 Å². The Morgan fingerprint density at radius 2 is 0.877 bits per heavy atom. The molecule has 0 fully saturated rings. The third-order valence-electron chi connectivity index (χ3n) is 8.44. The Balaban J connectivity index is 0.000000189. The van der Waals surface area contributed by atoms with Gasteiger partial charge in [0.25, 0.3) is 11.1 Å². The van der Waals surface area contributed by atoms with E-state index in [9.17, 15) is 19.2 Å². The minimum absolute atomic E-state index is 0. The molecule has 0 saturated carbocycles. The van der Waals surface area contributed by atoms with Gasteiger partial charge in [-0.1, -0.05) is 81.2 Å². The monoisotopic (exact) mass is 794 g/mol.